The lowest BCUT2D eigenvalue weighted by Crippen LogP contribution is -2.25. The molecule has 8 nitrogen and oxygen atoms in total. The second-order valence-electron chi connectivity index (χ2n) is 7.20. The molecule has 2 aromatic heterocycles. The van der Waals surface area contributed by atoms with Crippen LogP contribution in [0, 0.1) is 0 Å². The zero-order valence-electron chi connectivity index (χ0n) is 17.7. The van der Waals surface area contributed by atoms with Crippen LogP contribution in [0.1, 0.15) is 32.2 Å². The van der Waals surface area contributed by atoms with Crippen LogP contribution in [0.15, 0.2) is 82.0 Å². The van der Waals surface area contributed by atoms with Crippen LogP contribution in [0.4, 0.5) is 5.69 Å². The number of halogens is 1. The molecule has 0 aliphatic carbocycles. The van der Waals surface area contributed by atoms with E-state index >= 15 is 0 Å². The summed E-state index contributed by atoms with van der Waals surface area (Å²) in [6.07, 6.45) is 3.12. The largest absolute Gasteiger partial charge is 0.488 e. The van der Waals surface area contributed by atoms with Crippen LogP contribution < -0.4 is 15.4 Å². The fraction of sp³-hybridized carbons (Fsp3) is 0.125. The number of nitrogens with zero attached hydrogens (tertiary/aromatic N) is 2. The SMILES string of the molecule is Cn1cc(NC(=O)c2cccc(COc3ccccc3Br)c2)c(C(=O)NCc2ccco2)n1. The number of anilines is 1. The van der Waals surface area contributed by atoms with Gasteiger partial charge in [0.15, 0.2) is 5.69 Å². The fourth-order valence-electron chi connectivity index (χ4n) is 3.13. The number of furan rings is 1. The van der Waals surface area contributed by atoms with Crippen LogP contribution in [0.3, 0.4) is 0 Å². The molecule has 9 heteroatoms. The van der Waals surface area contributed by atoms with Crippen LogP contribution in [0.5, 0.6) is 5.75 Å². The molecule has 0 aliphatic rings. The van der Waals surface area contributed by atoms with Gasteiger partial charge in [-0.2, -0.15) is 5.10 Å². The average Bonchev–Trinajstić information content (AvgIpc) is 3.46. The first-order valence-corrected chi connectivity index (χ1v) is 10.9. The highest BCUT2D eigenvalue weighted by atomic mass is 79.9. The number of para-hydroxylation sites is 1. The van der Waals surface area contributed by atoms with Gasteiger partial charge in [0.05, 0.1) is 23.0 Å². The molecule has 0 bridgehead atoms. The first-order valence-electron chi connectivity index (χ1n) is 10.1. The van der Waals surface area contributed by atoms with Crippen molar-refractivity contribution in [2.45, 2.75) is 13.2 Å². The molecule has 168 valence electrons. The Labute approximate surface area is 198 Å². The van der Waals surface area contributed by atoms with E-state index in [-0.39, 0.29) is 18.1 Å². The maximum absolute atomic E-state index is 12.9. The smallest absolute Gasteiger partial charge is 0.274 e. The summed E-state index contributed by atoms with van der Waals surface area (Å²) in [5, 5.41) is 9.69. The van der Waals surface area contributed by atoms with Gasteiger partial charge in [-0.3, -0.25) is 14.3 Å². The number of carbonyl (C=O) groups is 2. The minimum Gasteiger partial charge on any atom is -0.488 e. The van der Waals surface area contributed by atoms with Crippen molar-refractivity contribution in [1.82, 2.24) is 15.1 Å². The number of benzene rings is 2. The van der Waals surface area contributed by atoms with Crippen LogP contribution >= 0.6 is 15.9 Å². The van der Waals surface area contributed by atoms with Crippen LogP contribution in [0.25, 0.3) is 0 Å². The molecule has 0 radical (unpaired) electrons. The Morgan fingerprint density at radius 1 is 1.09 bits per heavy atom. The lowest BCUT2D eigenvalue weighted by molar-refractivity contribution is 0.0943. The highest BCUT2D eigenvalue weighted by molar-refractivity contribution is 9.10. The van der Waals surface area contributed by atoms with Crippen molar-refractivity contribution < 1.29 is 18.7 Å². The third kappa shape index (κ3) is 5.69. The normalized spacial score (nSPS) is 10.6. The molecule has 2 aromatic carbocycles. The Morgan fingerprint density at radius 3 is 2.73 bits per heavy atom. The summed E-state index contributed by atoms with van der Waals surface area (Å²) < 4.78 is 13.4. The molecule has 2 amide bonds. The molecule has 0 saturated heterocycles. The van der Waals surface area contributed by atoms with Gasteiger partial charge in [-0.1, -0.05) is 24.3 Å². The molecule has 0 unspecified atom stereocenters. The van der Waals surface area contributed by atoms with Gasteiger partial charge in [0.25, 0.3) is 11.8 Å². The number of hydrogen-bond acceptors (Lipinski definition) is 5. The molecule has 0 fully saturated rings. The minimum absolute atomic E-state index is 0.117. The van der Waals surface area contributed by atoms with Gasteiger partial charge < -0.3 is 19.8 Å². The lowest BCUT2D eigenvalue weighted by Gasteiger charge is -2.10. The highest BCUT2D eigenvalue weighted by Crippen LogP contribution is 2.25. The molecule has 0 aliphatic heterocycles. The summed E-state index contributed by atoms with van der Waals surface area (Å²) in [6, 6.07) is 18.2. The lowest BCUT2D eigenvalue weighted by atomic mass is 10.1. The van der Waals surface area contributed by atoms with E-state index in [4.69, 9.17) is 9.15 Å². The van der Waals surface area contributed by atoms with Crippen molar-refractivity contribution in [2.24, 2.45) is 7.05 Å². The van der Waals surface area contributed by atoms with E-state index in [0.717, 1.165) is 10.0 Å². The molecule has 0 saturated carbocycles. The summed E-state index contributed by atoms with van der Waals surface area (Å²) in [5.74, 6) is 0.558. The van der Waals surface area contributed by atoms with E-state index in [0.29, 0.717) is 29.4 Å². The number of hydrogen-bond donors (Lipinski definition) is 2. The summed E-state index contributed by atoms with van der Waals surface area (Å²) in [6.45, 7) is 0.520. The molecular formula is C24H21BrN4O4. The Balaban J connectivity index is 1.42. The van der Waals surface area contributed by atoms with Crippen molar-refractivity contribution in [3.63, 3.8) is 0 Å². The van der Waals surface area contributed by atoms with Gasteiger partial charge in [-0.25, -0.2) is 0 Å². The first kappa shape index (κ1) is 22.3. The summed E-state index contributed by atoms with van der Waals surface area (Å²) in [5.41, 5.74) is 1.70. The molecule has 0 spiro atoms. The Morgan fingerprint density at radius 2 is 1.94 bits per heavy atom. The van der Waals surface area contributed by atoms with Crippen molar-refractivity contribution in [3.8, 4) is 5.75 Å². The molecule has 33 heavy (non-hydrogen) atoms. The Bertz CT molecular complexity index is 1270. The number of aromatic nitrogens is 2. The second kappa shape index (κ2) is 10.2. The van der Waals surface area contributed by atoms with E-state index in [1.165, 1.54) is 10.9 Å². The Kier molecular flexibility index (Phi) is 6.89. The molecule has 0 atom stereocenters. The van der Waals surface area contributed by atoms with Gasteiger partial charge in [0, 0.05) is 18.8 Å². The molecular weight excluding hydrogens is 488 g/mol. The van der Waals surface area contributed by atoms with Gasteiger partial charge in [-0.15, -0.1) is 0 Å². The van der Waals surface area contributed by atoms with Gasteiger partial charge in [-0.05, 0) is 57.9 Å². The maximum Gasteiger partial charge on any atom is 0.274 e. The topological polar surface area (TPSA) is 98.4 Å². The van der Waals surface area contributed by atoms with Crippen LogP contribution in [-0.2, 0) is 20.2 Å². The van der Waals surface area contributed by atoms with Gasteiger partial charge >= 0.3 is 0 Å². The highest BCUT2D eigenvalue weighted by Gasteiger charge is 2.19. The zero-order valence-corrected chi connectivity index (χ0v) is 19.3. The quantitative estimate of drug-likeness (QED) is 0.364. The van der Waals surface area contributed by atoms with E-state index in [1.807, 2.05) is 30.3 Å². The van der Waals surface area contributed by atoms with E-state index < -0.39 is 5.91 Å². The van der Waals surface area contributed by atoms with Crippen molar-refractivity contribution in [3.05, 3.63) is 100 Å². The average molecular weight is 509 g/mol. The van der Waals surface area contributed by atoms with Crippen LogP contribution in [-0.4, -0.2) is 21.6 Å². The van der Waals surface area contributed by atoms with E-state index in [9.17, 15) is 9.59 Å². The fourth-order valence-corrected chi connectivity index (χ4v) is 3.53. The number of rotatable bonds is 8. The van der Waals surface area contributed by atoms with Gasteiger partial charge in [0.2, 0.25) is 0 Å². The third-order valence-corrected chi connectivity index (χ3v) is 5.37. The molecule has 2 heterocycles. The zero-order chi connectivity index (χ0) is 23.2. The van der Waals surface area contributed by atoms with Gasteiger partial charge in [0.1, 0.15) is 18.1 Å². The van der Waals surface area contributed by atoms with Crippen molar-refractivity contribution >= 4 is 33.4 Å². The predicted molar refractivity (Wildman–Crippen MR) is 126 cm³/mol. The molecule has 4 rings (SSSR count). The predicted octanol–water partition coefficient (Wildman–Crippen LogP) is 4.54. The number of nitrogens with one attached hydrogen (secondary N) is 2. The summed E-state index contributed by atoms with van der Waals surface area (Å²) >= 11 is 3.45. The monoisotopic (exact) mass is 508 g/mol. The number of aryl methyl sites for hydroxylation is 1. The Hall–Kier alpha value is -3.85. The third-order valence-electron chi connectivity index (χ3n) is 4.72. The van der Waals surface area contributed by atoms with Crippen molar-refractivity contribution in [1.29, 1.82) is 0 Å². The molecule has 4 aromatic rings. The van der Waals surface area contributed by atoms with Crippen LogP contribution in [0.2, 0.25) is 0 Å². The summed E-state index contributed by atoms with van der Waals surface area (Å²) in [7, 11) is 1.68. The maximum atomic E-state index is 12.9. The summed E-state index contributed by atoms with van der Waals surface area (Å²) in [4.78, 5) is 25.5. The van der Waals surface area contributed by atoms with Crippen molar-refractivity contribution in [2.75, 3.05) is 5.32 Å². The standard InChI is InChI=1S/C24H21BrN4O4/c1-29-14-20(22(28-29)24(31)26-13-18-8-5-11-32-18)27-23(30)17-7-4-6-16(12-17)15-33-21-10-3-2-9-19(21)25/h2-12,14H,13,15H2,1H3,(H,26,31)(H,27,30). The first-order chi connectivity index (χ1) is 16.0. The second-order valence-corrected chi connectivity index (χ2v) is 8.06. The molecule has 2 N–H and O–H groups in total. The van der Waals surface area contributed by atoms with E-state index in [1.54, 1.807) is 43.6 Å². The van der Waals surface area contributed by atoms with E-state index in [2.05, 4.69) is 31.7 Å². The minimum atomic E-state index is -0.419. The number of ether oxygens (including phenoxy) is 1. The number of amides is 2. The number of carbonyl (C=O) groups excluding carboxylic acids is 2.